The average Bonchev–Trinajstić information content (AvgIpc) is 2.95. The van der Waals surface area contributed by atoms with Gasteiger partial charge in [0.25, 0.3) is 0 Å². The van der Waals surface area contributed by atoms with Crippen molar-refractivity contribution in [2.75, 3.05) is 33.7 Å². The van der Waals surface area contributed by atoms with E-state index in [1.54, 1.807) is 0 Å². The van der Waals surface area contributed by atoms with E-state index in [9.17, 15) is 0 Å². The molecule has 1 aliphatic carbocycles. The fourth-order valence-electron chi connectivity index (χ4n) is 2.82. The zero-order valence-corrected chi connectivity index (χ0v) is 16.7. The summed E-state index contributed by atoms with van der Waals surface area (Å²) in [6, 6.07) is 0.804. The van der Waals surface area contributed by atoms with Crippen molar-refractivity contribution in [2.45, 2.75) is 58.4 Å². The molecule has 0 saturated heterocycles. The topological polar surface area (TPSA) is 39.7 Å². The third kappa shape index (κ3) is 9.55. The van der Waals surface area contributed by atoms with E-state index >= 15 is 0 Å². The van der Waals surface area contributed by atoms with Gasteiger partial charge in [0.1, 0.15) is 0 Å². The average molecular weight is 410 g/mol. The summed E-state index contributed by atoms with van der Waals surface area (Å²) in [5.41, 5.74) is 0. The van der Waals surface area contributed by atoms with Gasteiger partial charge in [-0.1, -0.05) is 26.7 Å². The molecule has 0 aromatic heterocycles. The van der Waals surface area contributed by atoms with E-state index in [2.05, 4.69) is 41.4 Å². The van der Waals surface area contributed by atoms with Crippen LogP contribution in [-0.2, 0) is 0 Å². The number of likely N-dealkylation sites (N-methyl/N-ethyl adjacent to an activating group) is 1. The molecule has 0 aromatic carbocycles. The van der Waals surface area contributed by atoms with Crippen molar-refractivity contribution in [3.05, 3.63) is 0 Å². The summed E-state index contributed by atoms with van der Waals surface area (Å²) in [4.78, 5) is 6.77. The van der Waals surface area contributed by atoms with Crippen molar-refractivity contribution in [1.29, 1.82) is 0 Å². The van der Waals surface area contributed by atoms with Crippen LogP contribution < -0.4 is 10.6 Å². The van der Waals surface area contributed by atoms with Crippen LogP contribution >= 0.6 is 24.0 Å². The smallest absolute Gasteiger partial charge is 0.191 e. The zero-order valence-electron chi connectivity index (χ0n) is 14.3. The Morgan fingerprint density at radius 3 is 2.38 bits per heavy atom. The van der Waals surface area contributed by atoms with E-state index < -0.39 is 0 Å². The number of rotatable bonds is 8. The number of guanidine groups is 1. The summed E-state index contributed by atoms with van der Waals surface area (Å²) in [5.74, 6) is 1.72. The molecule has 0 spiro atoms. The van der Waals surface area contributed by atoms with E-state index in [-0.39, 0.29) is 24.0 Å². The second-order valence-electron chi connectivity index (χ2n) is 6.38. The Kier molecular flexibility index (Phi) is 12.5. The number of nitrogens with one attached hydrogen (secondary N) is 2. The summed E-state index contributed by atoms with van der Waals surface area (Å²) in [6.45, 7) is 7.61. The molecule has 4 nitrogen and oxygen atoms in total. The molecular formula is C16H35IN4. The Balaban J connectivity index is 0.00000400. The van der Waals surface area contributed by atoms with Crippen LogP contribution in [0.5, 0.6) is 0 Å². The van der Waals surface area contributed by atoms with Crippen molar-refractivity contribution in [3.63, 3.8) is 0 Å². The first-order valence-corrected chi connectivity index (χ1v) is 8.28. The molecule has 0 amide bonds. The van der Waals surface area contributed by atoms with E-state index in [0.717, 1.165) is 37.6 Å². The maximum atomic E-state index is 4.27. The van der Waals surface area contributed by atoms with Crippen LogP contribution in [0.4, 0.5) is 0 Å². The predicted octanol–water partition coefficient (Wildman–Crippen LogP) is 3.08. The number of hydrogen-bond donors (Lipinski definition) is 2. The van der Waals surface area contributed by atoms with Gasteiger partial charge >= 0.3 is 0 Å². The highest BCUT2D eigenvalue weighted by molar-refractivity contribution is 14.0. The number of halogens is 1. The molecule has 0 unspecified atom stereocenters. The monoisotopic (exact) mass is 410 g/mol. The van der Waals surface area contributed by atoms with E-state index in [0.29, 0.717) is 0 Å². The molecule has 0 aliphatic heterocycles. The maximum Gasteiger partial charge on any atom is 0.191 e. The minimum Gasteiger partial charge on any atom is -0.356 e. The molecule has 0 atom stereocenters. The molecule has 21 heavy (non-hydrogen) atoms. The number of hydrogen-bond acceptors (Lipinski definition) is 2. The van der Waals surface area contributed by atoms with Gasteiger partial charge < -0.3 is 15.5 Å². The fraction of sp³-hybridized carbons (Fsp3) is 0.938. The van der Waals surface area contributed by atoms with Crippen LogP contribution in [0, 0.1) is 5.92 Å². The highest BCUT2D eigenvalue weighted by atomic mass is 127. The highest BCUT2D eigenvalue weighted by Crippen LogP contribution is 2.21. The van der Waals surface area contributed by atoms with Gasteiger partial charge in [0.15, 0.2) is 5.96 Å². The number of nitrogens with zero attached hydrogens (tertiary/aromatic N) is 2. The Labute approximate surface area is 148 Å². The summed E-state index contributed by atoms with van der Waals surface area (Å²) in [7, 11) is 4.09. The Bertz CT molecular complexity index is 275. The lowest BCUT2D eigenvalue weighted by Gasteiger charge is -2.24. The lowest BCUT2D eigenvalue weighted by Crippen LogP contribution is -2.42. The third-order valence-electron chi connectivity index (χ3n) is 4.18. The van der Waals surface area contributed by atoms with Crippen LogP contribution in [0.25, 0.3) is 0 Å². The molecule has 1 fully saturated rings. The third-order valence-corrected chi connectivity index (χ3v) is 4.18. The minimum absolute atomic E-state index is 0. The second-order valence-corrected chi connectivity index (χ2v) is 6.38. The molecule has 1 aliphatic rings. The quantitative estimate of drug-likeness (QED) is 0.280. The lowest BCUT2D eigenvalue weighted by atomic mass is 10.1. The van der Waals surface area contributed by atoms with E-state index in [1.165, 1.54) is 38.5 Å². The molecule has 1 rings (SSSR count). The van der Waals surface area contributed by atoms with Crippen molar-refractivity contribution >= 4 is 29.9 Å². The van der Waals surface area contributed by atoms with E-state index in [1.807, 2.05) is 7.05 Å². The Hall–Kier alpha value is -0.0400. The number of aliphatic imine (C=N–C) groups is 1. The molecule has 0 radical (unpaired) electrons. The molecule has 0 aromatic rings. The van der Waals surface area contributed by atoms with Crippen molar-refractivity contribution < 1.29 is 0 Å². The normalized spacial score (nSPS) is 16.4. The molecule has 126 valence electrons. The van der Waals surface area contributed by atoms with Crippen molar-refractivity contribution in [2.24, 2.45) is 10.9 Å². The van der Waals surface area contributed by atoms with Gasteiger partial charge in [-0.25, -0.2) is 0 Å². The van der Waals surface area contributed by atoms with Gasteiger partial charge in [-0.05, 0) is 38.6 Å². The largest absolute Gasteiger partial charge is 0.356 e. The van der Waals surface area contributed by atoms with E-state index in [4.69, 9.17) is 0 Å². The Morgan fingerprint density at radius 2 is 1.81 bits per heavy atom. The minimum atomic E-state index is 0. The van der Waals surface area contributed by atoms with Crippen LogP contribution in [0.15, 0.2) is 4.99 Å². The molecule has 5 heteroatoms. The first-order valence-electron chi connectivity index (χ1n) is 8.28. The zero-order chi connectivity index (χ0) is 14.8. The van der Waals surface area contributed by atoms with Crippen LogP contribution in [0.3, 0.4) is 0 Å². The van der Waals surface area contributed by atoms with Crippen LogP contribution in [-0.4, -0.2) is 50.6 Å². The van der Waals surface area contributed by atoms with Crippen molar-refractivity contribution in [3.8, 4) is 0 Å². The SMILES string of the molecule is CN=C(NCCCC(C)C)NCCN(C)C1CCCC1.I. The highest BCUT2D eigenvalue weighted by Gasteiger charge is 2.18. The predicted molar refractivity (Wildman–Crippen MR) is 104 cm³/mol. The van der Waals surface area contributed by atoms with Crippen LogP contribution in [0.2, 0.25) is 0 Å². The van der Waals surface area contributed by atoms with Crippen LogP contribution in [0.1, 0.15) is 52.4 Å². The summed E-state index contributed by atoms with van der Waals surface area (Å²) in [6.07, 6.45) is 8.04. The van der Waals surface area contributed by atoms with Gasteiger partial charge in [-0.3, -0.25) is 4.99 Å². The summed E-state index contributed by atoms with van der Waals surface area (Å²) in [5, 5.41) is 6.80. The van der Waals surface area contributed by atoms with Crippen molar-refractivity contribution in [1.82, 2.24) is 15.5 Å². The van der Waals surface area contributed by atoms with Gasteiger partial charge in [0.05, 0.1) is 0 Å². The standard InChI is InChI=1S/C16H34N4.HI/c1-14(2)8-7-11-18-16(17-3)19-12-13-20(4)15-9-5-6-10-15;/h14-15H,5-13H2,1-4H3,(H2,17,18,19);1H. The lowest BCUT2D eigenvalue weighted by molar-refractivity contribution is 0.249. The molecule has 2 N–H and O–H groups in total. The summed E-state index contributed by atoms with van der Waals surface area (Å²) >= 11 is 0. The molecule has 0 heterocycles. The summed E-state index contributed by atoms with van der Waals surface area (Å²) < 4.78 is 0. The molecular weight excluding hydrogens is 375 g/mol. The van der Waals surface area contributed by atoms with Gasteiger partial charge in [0, 0.05) is 32.7 Å². The molecule has 0 bridgehead atoms. The van der Waals surface area contributed by atoms with Gasteiger partial charge in [-0.15, -0.1) is 24.0 Å². The first kappa shape index (κ1) is 21.0. The fourth-order valence-corrected chi connectivity index (χ4v) is 2.82. The maximum absolute atomic E-state index is 4.27. The molecule has 1 saturated carbocycles. The van der Waals surface area contributed by atoms with Gasteiger partial charge in [0.2, 0.25) is 0 Å². The first-order chi connectivity index (χ1) is 9.63. The second kappa shape index (κ2) is 12.5. The van der Waals surface area contributed by atoms with Gasteiger partial charge in [-0.2, -0.15) is 0 Å². The Morgan fingerprint density at radius 1 is 1.19 bits per heavy atom.